The van der Waals surface area contributed by atoms with Crippen molar-refractivity contribution in [2.75, 3.05) is 6.61 Å². The molecule has 0 saturated heterocycles. The molecule has 0 unspecified atom stereocenters. The third kappa shape index (κ3) is 2.67. The summed E-state index contributed by atoms with van der Waals surface area (Å²) >= 11 is 7.61. The van der Waals surface area contributed by atoms with Crippen LogP contribution in [-0.4, -0.2) is 32.3 Å². The Bertz CT molecular complexity index is 916. The number of ether oxygens (including phenoxy) is 1. The second kappa shape index (κ2) is 5.82. The summed E-state index contributed by atoms with van der Waals surface area (Å²) in [5, 5.41) is 6.65. The van der Waals surface area contributed by atoms with E-state index in [0.717, 1.165) is 34.3 Å². The molecule has 0 aliphatic heterocycles. The average molecular weight is 363 g/mol. The van der Waals surface area contributed by atoms with Gasteiger partial charge in [-0.3, -0.25) is 9.48 Å². The Hall–Kier alpha value is -1.99. The summed E-state index contributed by atoms with van der Waals surface area (Å²) in [5.41, 5.74) is 2.23. The molecule has 0 radical (unpaired) electrons. The van der Waals surface area contributed by atoms with Crippen LogP contribution < -0.4 is 0 Å². The fourth-order valence-corrected chi connectivity index (χ4v) is 3.87. The first-order chi connectivity index (χ1) is 11.6. The van der Waals surface area contributed by atoms with Crippen LogP contribution in [0.1, 0.15) is 26.2 Å². The Morgan fingerprint density at radius 2 is 2.29 bits per heavy atom. The smallest absolute Gasteiger partial charge is 0.308 e. The number of fused-ring (bicyclic) bond motifs is 1. The van der Waals surface area contributed by atoms with E-state index in [2.05, 4.69) is 15.1 Å². The van der Waals surface area contributed by atoms with Crippen molar-refractivity contribution >= 4 is 39.1 Å². The van der Waals surface area contributed by atoms with E-state index in [1.807, 2.05) is 29.2 Å². The molecule has 0 bridgehead atoms. The van der Waals surface area contributed by atoms with Crippen molar-refractivity contribution in [3.8, 4) is 11.3 Å². The van der Waals surface area contributed by atoms with Gasteiger partial charge in [0.05, 0.1) is 40.7 Å². The highest BCUT2D eigenvalue weighted by Gasteiger charge is 2.47. The quantitative estimate of drug-likeness (QED) is 0.511. The minimum atomic E-state index is -0.254. The third-order valence-corrected chi connectivity index (χ3v) is 5.30. The predicted octanol–water partition coefficient (Wildman–Crippen LogP) is 3.65. The van der Waals surface area contributed by atoms with E-state index in [-0.39, 0.29) is 16.8 Å². The summed E-state index contributed by atoms with van der Waals surface area (Å²) in [5.74, 6) is -0.183. The Morgan fingerprint density at radius 1 is 1.46 bits per heavy atom. The van der Waals surface area contributed by atoms with Gasteiger partial charge in [-0.15, -0.1) is 11.3 Å². The van der Waals surface area contributed by atoms with Gasteiger partial charge in [-0.1, -0.05) is 0 Å². The van der Waals surface area contributed by atoms with Crippen LogP contribution in [0, 0.1) is 0 Å². The van der Waals surface area contributed by atoms with Crippen molar-refractivity contribution in [2.24, 2.45) is 0 Å². The SMILES string of the molecule is CCOC(=O)CC1(n2cc(-c3nc(Cl)nc4ccsc34)cn2)CC1. The summed E-state index contributed by atoms with van der Waals surface area (Å²) in [6, 6.07) is 1.92. The Labute approximate surface area is 147 Å². The van der Waals surface area contributed by atoms with Gasteiger partial charge in [0.15, 0.2) is 0 Å². The highest BCUT2D eigenvalue weighted by Crippen LogP contribution is 2.47. The molecule has 4 rings (SSSR count). The molecule has 1 aliphatic carbocycles. The Balaban J connectivity index is 1.68. The third-order valence-electron chi connectivity index (χ3n) is 4.22. The number of hydrogen-bond donors (Lipinski definition) is 0. The molecular formula is C16H15ClN4O2S. The largest absolute Gasteiger partial charge is 0.466 e. The van der Waals surface area contributed by atoms with Gasteiger partial charge < -0.3 is 4.74 Å². The van der Waals surface area contributed by atoms with Gasteiger partial charge in [0.1, 0.15) is 0 Å². The molecule has 3 heterocycles. The molecular weight excluding hydrogens is 348 g/mol. The maximum Gasteiger partial charge on any atom is 0.308 e. The molecule has 3 aromatic rings. The maximum absolute atomic E-state index is 11.8. The number of nitrogens with zero attached hydrogens (tertiary/aromatic N) is 4. The van der Waals surface area contributed by atoms with Gasteiger partial charge in [0.2, 0.25) is 5.28 Å². The van der Waals surface area contributed by atoms with Gasteiger partial charge in [-0.05, 0) is 42.8 Å². The predicted molar refractivity (Wildman–Crippen MR) is 92.1 cm³/mol. The molecule has 3 aromatic heterocycles. The van der Waals surface area contributed by atoms with Crippen molar-refractivity contribution in [1.82, 2.24) is 19.7 Å². The van der Waals surface area contributed by atoms with E-state index in [9.17, 15) is 4.79 Å². The zero-order valence-electron chi connectivity index (χ0n) is 13.0. The molecule has 24 heavy (non-hydrogen) atoms. The van der Waals surface area contributed by atoms with Crippen molar-refractivity contribution in [3.05, 3.63) is 29.1 Å². The fraction of sp³-hybridized carbons (Fsp3) is 0.375. The fourth-order valence-electron chi connectivity index (χ4n) is 2.85. The molecule has 0 aromatic carbocycles. The standard InChI is InChI=1S/C16H15ClN4O2S/c1-2-23-12(22)7-16(4-5-16)21-9-10(8-18-21)13-14-11(3-6-24-14)19-15(17)20-13/h3,6,8-9H,2,4-5,7H2,1H3. The van der Waals surface area contributed by atoms with Crippen LogP contribution in [0.3, 0.4) is 0 Å². The molecule has 6 nitrogen and oxygen atoms in total. The van der Waals surface area contributed by atoms with Crippen molar-refractivity contribution < 1.29 is 9.53 Å². The first-order valence-corrected chi connectivity index (χ1v) is 8.99. The van der Waals surface area contributed by atoms with Crippen molar-refractivity contribution in [2.45, 2.75) is 31.7 Å². The minimum absolute atomic E-state index is 0.183. The lowest BCUT2D eigenvalue weighted by Crippen LogP contribution is -2.23. The Kier molecular flexibility index (Phi) is 3.77. The van der Waals surface area contributed by atoms with Gasteiger partial charge in [-0.25, -0.2) is 9.97 Å². The second-order valence-corrected chi connectivity index (χ2v) is 7.11. The first kappa shape index (κ1) is 15.5. The monoisotopic (exact) mass is 362 g/mol. The lowest BCUT2D eigenvalue weighted by atomic mass is 10.2. The van der Waals surface area contributed by atoms with E-state index in [1.54, 1.807) is 17.5 Å². The average Bonchev–Trinajstić information content (AvgIpc) is 2.99. The van der Waals surface area contributed by atoms with Crippen LogP contribution in [0.25, 0.3) is 21.5 Å². The van der Waals surface area contributed by atoms with Gasteiger partial charge in [0, 0.05) is 11.8 Å². The second-order valence-electron chi connectivity index (χ2n) is 5.86. The lowest BCUT2D eigenvalue weighted by molar-refractivity contribution is -0.144. The summed E-state index contributed by atoms with van der Waals surface area (Å²) in [6.45, 7) is 2.21. The molecule has 0 atom stereocenters. The van der Waals surface area contributed by atoms with Crippen LogP contribution in [0.5, 0.6) is 0 Å². The number of rotatable bonds is 5. The summed E-state index contributed by atoms with van der Waals surface area (Å²) in [6.07, 6.45) is 5.89. The van der Waals surface area contributed by atoms with E-state index in [4.69, 9.17) is 16.3 Å². The van der Waals surface area contributed by atoms with Crippen LogP contribution in [-0.2, 0) is 15.1 Å². The summed E-state index contributed by atoms with van der Waals surface area (Å²) in [7, 11) is 0. The van der Waals surface area contributed by atoms with Crippen LogP contribution in [0.4, 0.5) is 0 Å². The number of carbonyl (C=O) groups is 1. The van der Waals surface area contributed by atoms with Gasteiger partial charge in [-0.2, -0.15) is 5.10 Å². The summed E-state index contributed by atoms with van der Waals surface area (Å²) in [4.78, 5) is 20.4. The van der Waals surface area contributed by atoms with Crippen LogP contribution >= 0.6 is 22.9 Å². The Morgan fingerprint density at radius 3 is 3.04 bits per heavy atom. The van der Waals surface area contributed by atoms with E-state index in [1.165, 1.54) is 0 Å². The highest BCUT2D eigenvalue weighted by molar-refractivity contribution is 7.17. The number of carbonyl (C=O) groups excluding carboxylic acids is 1. The minimum Gasteiger partial charge on any atom is -0.466 e. The van der Waals surface area contributed by atoms with E-state index >= 15 is 0 Å². The zero-order chi connectivity index (χ0) is 16.7. The molecule has 0 N–H and O–H groups in total. The van der Waals surface area contributed by atoms with Gasteiger partial charge in [0.25, 0.3) is 0 Å². The van der Waals surface area contributed by atoms with E-state index in [0.29, 0.717) is 13.0 Å². The summed E-state index contributed by atoms with van der Waals surface area (Å²) < 4.78 is 7.93. The number of thiophene rings is 1. The molecule has 1 aliphatic rings. The maximum atomic E-state index is 11.8. The first-order valence-electron chi connectivity index (χ1n) is 7.73. The molecule has 124 valence electrons. The molecule has 0 amide bonds. The van der Waals surface area contributed by atoms with Crippen molar-refractivity contribution in [3.63, 3.8) is 0 Å². The number of esters is 1. The molecule has 0 spiro atoms. The van der Waals surface area contributed by atoms with Crippen LogP contribution in [0.2, 0.25) is 5.28 Å². The lowest BCUT2D eigenvalue weighted by Gasteiger charge is -2.14. The number of hydrogen-bond acceptors (Lipinski definition) is 6. The zero-order valence-corrected chi connectivity index (χ0v) is 14.6. The topological polar surface area (TPSA) is 69.9 Å². The van der Waals surface area contributed by atoms with Gasteiger partial charge >= 0.3 is 5.97 Å². The normalized spacial score (nSPS) is 15.6. The molecule has 1 saturated carbocycles. The number of halogens is 1. The number of aromatic nitrogens is 4. The van der Waals surface area contributed by atoms with Crippen molar-refractivity contribution in [1.29, 1.82) is 0 Å². The molecule has 8 heteroatoms. The highest BCUT2D eigenvalue weighted by atomic mass is 35.5. The van der Waals surface area contributed by atoms with Crippen LogP contribution in [0.15, 0.2) is 23.8 Å². The van der Waals surface area contributed by atoms with E-state index < -0.39 is 0 Å². The molecule has 1 fully saturated rings.